The SMILES string of the molecule is O=C(NC1CC(F)(F)C1)c1ccc(Cl)cc1Br. The summed E-state index contributed by atoms with van der Waals surface area (Å²) in [4.78, 5) is 11.8. The van der Waals surface area contributed by atoms with Gasteiger partial charge in [0.25, 0.3) is 11.8 Å². The number of amides is 1. The fourth-order valence-corrected chi connectivity index (χ4v) is 2.56. The lowest BCUT2D eigenvalue weighted by Gasteiger charge is -2.35. The van der Waals surface area contributed by atoms with Gasteiger partial charge in [-0.15, -0.1) is 0 Å². The number of nitrogens with one attached hydrogen (secondary N) is 1. The third kappa shape index (κ3) is 2.96. The number of benzene rings is 1. The molecule has 1 aromatic carbocycles. The lowest BCUT2D eigenvalue weighted by molar-refractivity contribution is -0.0901. The highest BCUT2D eigenvalue weighted by Gasteiger charge is 2.46. The van der Waals surface area contributed by atoms with Crippen LogP contribution in [0.4, 0.5) is 8.78 Å². The molecule has 1 aliphatic rings. The Morgan fingerprint density at radius 3 is 2.65 bits per heavy atom. The summed E-state index contributed by atoms with van der Waals surface area (Å²) in [6, 6.07) is 4.28. The van der Waals surface area contributed by atoms with E-state index in [-0.39, 0.29) is 18.7 Å². The van der Waals surface area contributed by atoms with Crippen LogP contribution >= 0.6 is 27.5 Å². The summed E-state index contributed by atoms with van der Waals surface area (Å²) in [6.07, 6.45) is -0.575. The minimum atomic E-state index is -2.63. The molecule has 0 atom stereocenters. The van der Waals surface area contributed by atoms with Crippen LogP contribution in [0, 0.1) is 0 Å². The molecule has 2 nitrogen and oxygen atoms in total. The van der Waals surface area contributed by atoms with Gasteiger partial charge in [-0.2, -0.15) is 0 Å². The predicted octanol–water partition coefficient (Wildman–Crippen LogP) is 3.63. The highest BCUT2D eigenvalue weighted by Crippen LogP contribution is 2.37. The first-order valence-corrected chi connectivity index (χ1v) is 6.18. The van der Waals surface area contributed by atoms with Crippen LogP contribution < -0.4 is 5.32 Å². The van der Waals surface area contributed by atoms with Gasteiger partial charge in [0.1, 0.15) is 0 Å². The summed E-state index contributed by atoms with van der Waals surface area (Å²) in [5.41, 5.74) is 0.393. The normalized spacial score (nSPS) is 18.6. The Kier molecular flexibility index (Phi) is 3.41. The Labute approximate surface area is 110 Å². The molecular formula is C11H9BrClF2NO. The Morgan fingerprint density at radius 1 is 1.47 bits per heavy atom. The highest BCUT2D eigenvalue weighted by atomic mass is 79.9. The predicted molar refractivity (Wildman–Crippen MR) is 64.6 cm³/mol. The second-order valence-corrected chi connectivity index (χ2v) is 5.35. The zero-order chi connectivity index (χ0) is 12.6. The highest BCUT2D eigenvalue weighted by molar-refractivity contribution is 9.10. The quantitative estimate of drug-likeness (QED) is 0.884. The average Bonchev–Trinajstić information content (AvgIpc) is 2.14. The Morgan fingerprint density at radius 2 is 2.12 bits per heavy atom. The average molecular weight is 325 g/mol. The maximum Gasteiger partial charge on any atom is 0.252 e. The lowest BCUT2D eigenvalue weighted by Crippen LogP contribution is -2.50. The van der Waals surface area contributed by atoms with Crippen molar-refractivity contribution < 1.29 is 13.6 Å². The molecule has 1 N–H and O–H groups in total. The van der Waals surface area contributed by atoms with Gasteiger partial charge in [0.2, 0.25) is 0 Å². The number of carbonyl (C=O) groups excluding carboxylic acids is 1. The van der Waals surface area contributed by atoms with E-state index in [2.05, 4.69) is 21.2 Å². The second-order valence-electron chi connectivity index (χ2n) is 4.06. The van der Waals surface area contributed by atoms with Gasteiger partial charge < -0.3 is 5.32 Å². The van der Waals surface area contributed by atoms with Crippen LogP contribution in [0.5, 0.6) is 0 Å². The van der Waals surface area contributed by atoms with Crippen molar-refractivity contribution in [1.82, 2.24) is 5.32 Å². The first-order chi connectivity index (χ1) is 7.87. The molecule has 1 aliphatic carbocycles. The van der Waals surface area contributed by atoms with Crippen molar-refractivity contribution in [1.29, 1.82) is 0 Å². The van der Waals surface area contributed by atoms with Gasteiger partial charge in [0, 0.05) is 28.4 Å². The number of carbonyl (C=O) groups is 1. The van der Waals surface area contributed by atoms with Gasteiger partial charge in [-0.1, -0.05) is 11.6 Å². The summed E-state index contributed by atoms with van der Waals surface area (Å²) in [5.74, 6) is -3.00. The number of hydrogen-bond acceptors (Lipinski definition) is 1. The van der Waals surface area contributed by atoms with Gasteiger partial charge in [-0.3, -0.25) is 4.79 Å². The van der Waals surface area contributed by atoms with Gasteiger partial charge in [-0.05, 0) is 34.1 Å². The topological polar surface area (TPSA) is 29.1 Å². The summed E-state index contributed by atoms with van der Waals surface area (Å²) < 4.78 is 25.7. The molecule has 0 spiro atoms. The summed E-state index contributed by atoms with van der Waals surface area (Å²) >= 11 is 8.95. The minimum Gasteiger partial charge on any atom is -0.349 e. The molecule has 0 aliphatic heterocycles. The van der Waals surface area contributed by atoms with Crippen molar-refractivity contribution in [3.63, 3.8) is 0 Å². The fourth-order valence-electron chi connectivity index (χ4n) is 1.70. The van der Waals surface area contributed by atoms with Crippen LogP contribution in [0.2, 0.25) is 5.02 Å². The van der Waals surface area contributed by atoms with Crippen molar-refractivity contribution in [2.45, 2.75) is 24.8 Å². The first kappa shape index (κ1) is 12.8. The maximum atomic E-state index is 12.6. The molecule has 2 rings (SSSR count). The van der Waals surface area contributed by atoms with E-state index in [1.807, 2.05) is 0 Å². The molecule has 6 heteroatoms. The number of alkyl halides is 2. The molecule has 17 heavy (non-hydrogen) atoms. The van der Waals surface area contributed by atoms with Crippen molar-refractivity contribution >= 4 is 33.4 Å². The van der Waals surface area contributed by atoms with E-state index >= 15 is 0 Å². The number of rotatable bonds is 2. The van der Waals surface area contributed by atoms with Crippen molar-refractivity contribution in [3.05, 3.63) is 33.3 Å². The summed E-state index contributed by atoms with van der Waals surface area (Å²) in [6.45, 7) is 0. The molecule has 0 radical (unpaired) electrons. The van der Waals surface area contributed by atoms with Gasteiger partial charge in [-0.25, -0.2) is 8.78 Å². The van der Waals surface area contributed by atoms with Crippen molar-refractivity contribution in [2.24, 2.45) is 0 Å². The Bertz CT molecular complexity index is 459. The van der Waals surface area contributed by atoms with E-state index in [0.717, 1.165) is 0 Å². The van der Waals surface area contributed by atoms with Gasteiger partial charge >= 0.3 is 0 Å². The Balaban J connectivity index is 2.01. The van der Waals surface area contributed by atoms with Crippen LogP contribution in [0.25, 0.3) is 0 Å². The van der Waals surface area contributed by atoms with E-state index in [1.165, 1.54) is 0 Å². The molecule has 0 aromatic heterocycles. The van der Waals surface area contributed by atoms with Gasteiger partial charge in [0.05, 0.1) is 5.56 Å². The number of halogens is 4. The monoisotopic (exact) mass is 323 g/mol. The zero-order valence-corrected chi connectivity index (χ0v) is 11.0. The molecule has 0 heterocycles. The molecule has 1 fully saturated rings. The second kappa shape index (κ2) is 4.53. The third-order valence-corrected chi connectivity index (χ3v) is 3.49. The van der Waals surface area contributed by atoms with Crippen LogP contribution in [-0.4, -0.2) is 17.9 Å². The molecule has 92 valence electrons. The van der Waals surface area contributed by atoms with Crippen LogP contribution in [0.3, 0.4) is 0 Å². The molecule has 1 saturated carbocycles. The Hall–Kier alpha value is -0.680. The van der Waals surface area contributed by atoms with E-state index in [0.29, 0.717) is 15.1 Å². The van der Waals surface area contributed by atoms with Crippen molar-refractivity contribution in [2.75, 3.05) is 0 Å². The maximum absolute atomic E-state index is 12.6. The molecule has 1 amide bonds. The summed E-state index contributed by atoms with van der Waals surface area (Å²) in [7, 11) is 0. The standard InChI is InChI=1S/C11H9BrClF2NO/c12-9-3-6(13)1-2-8(9)10(17)16-7-4-11(14,15)5-7/h1-3,7H,4-5H2,(H,16,17). The van der Waals surface area contributed by atoms with E-state index < -0.39 is 12.0 Å². The van der Waals surface area contributed by atoms with Crippen LogP contribution in [-0.2, 0) is 0 Å². The largest absolute Gasteiger partial charge is 0.349 e. The van der Waals surface area contributed by atoms with Crippen LogP contribution in [0.15, 0.2) is 22.7 Å². The van der Waals surface area contributed by atoms with Crippen LogP contribution in [0.1, 0.15) is 23.2 Å². The molecule has 0 bridgehead atoms. The molecule has 0 unspecified atom stereocenters. The molecule has 0 saturated heterocycles. The zero-order valence-electron chi connectivity index (χ0n) is 8.64. The first-order valence-electron chi connectivity index (χ1n) is 5.01. The summed E-state index contributed by atoms with van der Waals surface area (Å²) in [5, 5.41) is 3.06. The third-order valence-electron chi connectivity index (χ3n) is 2.60. The van der Waals surface area contributed by atoms with Gasteiger partial charge in [0.15, 0.2) is 0 Å². The molecule has 1 aromatic rings. The smallest absolute Gasteiger partial charge is 0.252 e. The minimum absolute atomic E-state index is 0.288. The fraction of sp³-hybridized carbons (Fsp3) is 0.364. The number of hydrogen-bond donors (Lipinski definition) is 1. The van der Waals surface area contributed by atoms with E-state index in [1.54, 1.807) is 18.2 Å². The van der Waals surface area contributed by atoms with Crippen molar-refractivity contribution in [3.8, 4) is 0 Å². The molecular weight excluding hydrogens is 315 g/mol. The van der Waals surface area contributed by atoms with E-state index in [9.17, 15) is 13.6 Å². The van der Waals surface area contributed by atoms with E-state index in [4.69, 9.17) is 11.6 Å². The lowest BCUT2D eigenvalue weighted by atomic mass is 9.88.